The van der Waals surface area contributed by atoms with Crippen molar-refractivity contribution in [3.05, 3.63) is 35.4 Å². The molecule has 1 aliphatic carbocycles. The van der Waals surface area contributed by atoms with E-state index in [1.54, 1.807) is 0 Å². The van der Waals surface area contributed by atoms with Crippen LogP contribution in [0.15, 0.2) is 24.3 Å². The maximum Gasteiger partial charge on any atom is 0.0608 e. The van der Waals surface area contributed by atoms with E-state index in [0.29, 0.717) is 11.8 Å². The normalized spacial score (nSPS) is 18.5. The molecule has 1 heteroatoms. The molecule has 0 bridgehead atoms. The highest BCUT2D eigenvalue weighted by molar-refractivity contribution is 5.25. The summed E-state index contributed by atoms with van der Waals surface area (Å²) in [6.07, 6.45) is 4.42. The predicted molar refractivity (Wildman–Crippen MR) is 67.6 cm³/mol. The third-order valence-electron chi connectivity index (χ3n) is 3.79. The van der Waals surface area contributed by atoms with E-state index < -0.39 is 0 Å². The van der Waals surface area contributed by atoms with Gasteiger partial charge in [-0.15, -0.1) is 0 Å². The molecule has 0 aliphatic heterocycles. The standard InChI is InChI=1S/C15H22O/c1-11(2)13-8-6-12(7-9-13)10-15(16)14-4-3-5-14/h6-9,11,14-16H,3-5,10H2,1-2H3. The number of hydrogen-bond donors (Lipinski definition) is 1. The van der Waals surface area contributed by atoms with Crippen LogP contribution in [0.2, 0.25) is 0 Å². The minimum absolute atomic E-state index is 0.126. The smallest absolute Gasteiger partial charge is 0.0608 e. The van der Waals surface area contributed by atoms with Gasteiger partial charge in [0.1, 0.15) is 0 Å². The first kappa shape index (κ1) is 11.7. The molecule has 1 aromatic rings. The Kier molecular flexibility index (Phi) is 3.65. The van der Waals surface area contributed by atoms with Gasteiger partial charge in [-0.05, 0) is 42.2 Å². The van der Waals surface area contributed by atoms with Gasteiger partial charge in [-0.3, -0.25) is 0 Å². The van der Waals surface area contributed by atoms with Gasteiger partial charge in [0.2, 0.25) is 0 Å². The molecule has 16 heavy (non-hydrogen) atoms. The summed E-state index contributed by atoms with van der Waals surface area (Å²) in [5, 5.41) is 10.0. The first-order valence-corrected chi connectivity index (χ1v) is 6.43. The van der Waals surface area contributed by atoms with Crippen LogP contribution in [-0.2, 0) is 6.42 Å². The third kappa shape index (κ3) is 2.65. The van der Waals surface area contributed by atoms with Gasteiger partial charge in [0.15, 0.2) is 0 Å². The van der Waals surface area contributed by atoms with E-state index >= 15 is 0 Å². The molecule has 1 fully saturated rings. The second-order valence-electron chi connectivity index (χ2n) is 5.36. The Labute approximate surface area is 98.5 Å². The van der Waals surface area contributed by atoms with Crippen LogP contribution in [0.25, 0.3) is 0 Å². The van der Waals surface area contributed by atoms with Crippen LogP contribution in [0, 0.1) is 5.92 Å². The van der Waals surface area contributed by atoms with Crippen molar-refractivity contribution >= 4 is 0 Å². The highest BCUT2D eigenvalue weighted by Gasteiger charge is 2.25. The molecule has 1 atom stereocenters. The lowest BCUT2D eigenvalue weighted by Gasteiger charge is -2.30. The van der Waals surface area contributed by atoms with Crippen LogP contribution in [0.1, 0.15) is 50.2 Å². The quantitative estimate of drug-likeness (QED) is 0.820. The summed E-state index contributed by atoms with van der Waals surface area (Å²) in [7, 11) is 0. The summed E-state index contributed by atoms with van der Waals surface area (Å²) in [5.41, 5.74) is 2.64. The van der Waals surface area contributed by atoms with Gasteiger partial charge in [-0.25, -0.2) is 0 Å². The van der Waals surface area contributed by atoms with Gasteiger partial charge in [0.25, 0.3) is 0 Å². The summed E-state index contributed by atoms with van der Waals surface area (Å²) >= 11 is 0. The molecule has 0 amide bonds. The van der Waals surface area contributed by atoms with E-state index in [1.165, 1.54) is 30.4 Å². The molecule has 1 nitrogen and oxygen atoms in total. The largest absolute Gasteiger partial charge is 0.392 e. The van der Waals surface area contributed by atoms with Crippen molar-refractivity contribution in [1.29, 1.82) is 0 Å². The van der Waals surface area contributed by atoms with Crippen LogP contribution in [0.5, 0.6) is 0 Å². The van der Waals surface area contributed by atoms with E-state index in [-0.39, 0.29) is 6.10 Å². The molecule has 2 rings (SSSR count). The lowest BCUT2D eigenvalue weighted by molar-refractivity contribution is 0.0630. The highest BCUT2D eigenvalue weighted by atomic mass is 16.3. The summed E-state index contributed by atoms with van der Waals surface area (Å²) in [5.74, 6) is 1.15. The highest BCUT2D eigenvalue weighted by Crippen LogP contribution is 2.31. The van der Waals surface area contributed by atoms with Crippen molar-refractivity contribution in [2.45, 2.75) is 51.6 Å². The van der Waals surface area contributed by atoms with Crippen molar-refractivity contribution < 1.29 is 5.11 Å². The van der Waals surface area contributed by atoms with Gasteiger partial charge in [0.05, 0.1) is 6.10 Å². The zero-order valence-electron chi connectivity index (χ0n) is 10.3. The van der Waals surface area contributed by atoms with Gasteiger partial charge in [-0.2, -0.15) is 0 Å². The van der Waals surface area contributed by atoms with Crippen LogP contribution >= 0.6 is 0 Å². The van der Waals surface area contributed by atoms with Crippen molar-refractivity contribution in [2.24, 2.45) is 5.92 Å². The Hall–Kier alpha value is -0.820. The van der Waals surface area contributed by atoms with Crippen LogP contribution in [0.3, 0.4) is 0 Å². The van der Waals surface area contributed by atoms with E-state index in [2.05, 4.69) is 38.1 Å². The SMILES string of the molecule is CC(C)c1ccc(CC(O)C2CCC2)cc1. The van der Waals surface area contributed by atoms with E-state index in [0.717, 1.165) is 6.42 Å². The van der Waals surface area contributed by atoms with Gasteiger partial charge < -0.3 is 5.11 Å². The zero-order valence-corrected chi connectivity index (χ0v) is 10.3. The second kappa shape index (κ2) is 5.01. The topological polar surface area (TPSA) is 20.2 Å². The Morgan fingerprint density at radius 3 is 2.25 bits per heavy atom. The summed E-state index contributed by atoms with van der Waals surface area (Å²) < 4.78 is 0. The number of aliphatic hydroxyl groups excluding tert-OH is 1. The molecule has 0 saturated heterocycles. The summed E-state index contributed by atoms with van der Waals surface area (Å²) in [6.45, 7) is 4.41. The molecule has 1 unspecified atom stereocenters. The lowest BCUT2D eigenvalue weighted by Crippen LogP contribution is -2.28. The molecule has 1 aromatic carbocycles. The molecule has 0 radical (unpaired) electrons. The van der Waals surface area contributed by atoms with Gasteiger partial charge in [-0.1, -0.05) is 44.5 Å². The fourth-order valence-corrected chi connectivity index (χ4v) is 2.27. The first-order chi connectivity index (χ1) is 7.66. The summed E-state index contributed by atoms with van der Waals surface area (Å²) in [4.78, 5) is 0. The Bertz CT molecular complexity index is 322. The molecule has 1 N–H and O–H groups in total. The Morgan fingerprint density at radius 1 is 1.19 bits per heavy atom. The van der Waals surface area contributed by atoms with Crippen molar-refractivity contribution in [3.63, 3.8) is 0 Å². The number of aliphatic hydroxyl groups is 1. The van der Waals surface area contributed by atoms with E-state index in [1.807, 2.05) is 0 Å². The molecule has 0 heterocycles. The van der Waals surface area contributed by atoms with Gasteiger partial charge >= 0.3 is 0 Å². The Balaban J connectivity index is 1.93. The molecule has 88 valence electrons. The first-order valence-electron chi connectivity index (χ1n) is 6.43. The summed E-state index contributed by atoms with van der Waals surface area (Å²) in [6, 6.07) is 8.70. The fourth-order valence-electron chi connectivity index (χ4n) is 2.27. The second-order valence-corrected chi connectivity index (χ2v) is 5.36. The lowest BCUT2D eigenvalue weighted by atomic mass is 9.79. The van der Waals surface area contributed by atoms with Crippen LogP contribution in [-0.4, -0.2) is 11.2 Å². The number of hydrogen-bond acceptors (Lipinski definition) is 1. The predicted octanol–water partition coefficient (Wildman–Crippen LogP) is 3.51. The van der Waals surface area contributed by atoms with Crippen molar-refractivity contribution in [2.75, 3.05) is 0 Å². The third-order valence-corrected chi connectivity index (χ3v) is 3.79. The van der Waals surface area contributed by atoms with Crippen molar-refractivity contribution in [3.8, 4) is 0 Å². The fraction of sp³-hybridized carbons (Fsp3) is 0.600. The molecule has 0 aromatic heterocycles. The number of rotatable bonds is 4. The van der Waals surface area contributed by atoms with Crippen molar-refractivity contribution in [1.82, 2.24) is 0 Å². The monoisotopic (exact) mass is 218 g/mol. The minimum Gasteiger partial charge on any atom is -0.392 e. The van der Waals surface area contributed by atoms with E-state index in [9.17, 15) is 5.11 Å². The molecule has 1 saturated carbocycles. The average Bonchev–Trinajstić information content (AvgIpc) is 2.15. The zero-order chi connectivity index (χ0) is 11.5. The van der Waals surface area contributed by atoms with Crippen LogP contribution < -0.4 is 0 Å². The molecule has 1 aliphatic rings. The molecular weight excluding hydrogens is 196 g/mol. The van der Waals surface area contributed by atoms with Gasteiger partial charge in [0, 0.05) is 0 Å². The minimum atomic E-state index is -0.126. The van der Waals surface area contributed by atoms with Crippen LogP contribution in [0.4, 0.5) is 0 Å². The Morgan fingerprint density at radius 2 is 1.81 bits per heavy atom. The average molecular weight is 218 g/mol. The maximum absolute atomic E-state index is 10.0. The molecular formula is C15H22O. The van der Waals surface area contributed by atoms with E-state index in [4.69, 9.17) is 0 Å². The molecule has 0 spiro atoms. The maximum atomic E-state index is 10.0. The number of benzene rings is 1.